The molecule has 0 atom stereocenters. The Balaban J connectivity index is 2.39. The highest BCUT2D eigenvalue weighted by Gasteiger charge is 2.03. The van der Waals surface area contributed by atoms with Gasteiger partial charge in [0.15, 0.2) is 0 Å². The smallest absolute Gasteiger partial charge is 0.317 e. The van der Waals surface area contributed by atoms with E-state index in [4.69, 9.17) is 0 Å². The van der Waals surface area contributed by atoms with E-state index in [0.29, 0.717) is 6.54 Å². The van der Waals surface area contributed by atoms with Gasteiger partial charge in [-0.2, -0.15) is 5.10 Å². The van der Waals surface area contributed by atoms with Gasteiger partial charge in [-0.1, -0.05) is 0 Å². The minimum atomic E-state index is -0.106. The molecule has 1 aromatic rings. The van der Waals surface area contributed by atoms with Gasteiger partial charge in [-0.05, 0) is 6.07 Å². The van der Waals surface area contributed by atoms with E-state index in [2.05, 4.69) is 10.4 Å². The van der Waals surface area contributed by atoms with Crippen molar-refractivity contribution in [2.45, 2.75) is 6.54 Å². The topological polar surface area (TPSA) is 50.2 Å². The Labute approximate surface area is 77.3 Å². The fraction of sp³-hybridized carbons (Fsp3) is 0.500. The molecule has 1 N–H and O–H groups in total. The molecule has 0 unspecified atom stereocenters. The molecular weight excluding hydrogens is 168 g/mol. The first-order valence-electron chi connectivity index (χ1n) is 4.03. The van der Waals surface area contributed by atoms with E-state index >= 15 is 0 Å². The zero-order valence-corrected chi connectivity index (χ0v) is 8.11. The first-order valence-corrected chi connectivity index (χ1v) is 4.03. The number of aromatic nitrogens is 2. The first kappa shape index (κ1) is 9.57. The average Bonchev–Trinajstić information content (AvgIpc) is 2.47. The molecular formula is C8H14N4O. The summed E-state index contributed by atoms with van der Waals surface area (Å²) in [5.41, 5.74) is 0.859. The molecule has 0 aromatic carbocycles. The lowest BCUT2D eigenvalue weighted by molar-refractivity contribution is 0.217. The molecule has 5 heteroatoms. The third-order valence-electron chi connectivity index (χ3n) is 1.60. The minimum absolute atomic E-state index is 0.106. The number of carbonyl (C=O) groups is 1. The normalized spacial score (nSPS) is 9.77. The molecule has 0 radical (unpaired) electrons. The second-order valence-corrected chi connectivity index (χ2v) is 3.03. The van der Waals surface area contributed by atoms with Crippen LogP contribution in [0, 0.1) is 0 Å². The van der Waals surface area contributed by atoms with Crippen molar-refractivity contribution < 1.29 is 4.79 Å². The van der Waals surface area contributed by atoms with Gasteiger partial charge in [-0.3, -0.25) is 4.68 Å². The molecule has 2 amide bonds. The Hall–Kier alpha value is -1.52. The van der Waals surface area contributed by atoms with Crippen LogP contribution in [0.2, 0.25) is 0 Å². The SMILES string of the molecule is CN(C)C(=O)NCc1ccn(C)n1. The summed E-state index contributed by atoms with van der Waals surface area (Å²) < 4.78 is 1.71. The Morgan fingerprint density at radius 1 is 1.69 bits per heavy atom. The van der Waals surface area contributed by atoms with Gasteiger partial charge in [-0.15, -0.1) is 0 Å². The number of urea groups is 1. The van der Waals surface area contributed by atoms with Gasteiger partial charge < -0.3 is 10.2 Å². The Morgan fingerprint density at radius 3 is 2.85 bits per heavy atom. The zero-order valence-electron chi connectivity index (χ0n) is 8.11. The molecule has 13 heavy (non-hydrogen) atoms. The monoisotopic (exact) mass is 182 g/mol. The maximum Gasteiger partial charge on any atom is 0.317 e. The Bertz CT molecular complexity index is 292. The van der Waals surface area contributed by atoms with Crippen LogP contribution in [-0.4, -0.2) is 34.8 Å². The lowest BCUT2D eigenvalue weighted by atomic mass is 10.4. The van der Waals surface area contributed by atoms with Crippen LogP contribution >= 0.6 is 0 Å². The highest BCUT2D eigenvalue weighted by Crippen LogP contribution is 1.93. The minimum Gasteiger partial charge on any atom is -0.332 e. The van der Waals surface area contributed by atoms with Crippen LogP contribution in [0.25, 0.3) is 0 Å². The van der Waals surface area contributed by atoms with Gasteiger partial charge in [0.1, 0.15) is 0 Å². The van der Waals surface area contributed by atoms with Gasteiger partial charge in [-0.25, -0.2) is 4.79 Å². The van der Waals surface area contributed by atoms with Crippen LogP contribution in [0.4, 0.5) is 4.79 Å². The first-order chi connectivity index (χ1) is 6.09. The molecule has 0 bridgehead atoms. The Morgan fingerprint density at radius 2 is 2.38 bits per heavy atom. The predicted molar refractivity (Wildman–Crippen MR) is 49.1 cm³/mol. The predicted octanol–water partition coefficient (Wildman–Crippen LogP) is 0.191. The lowest BCUT2D eigenvalue weighted by Gasteiger charge is -2.10. The molecule has 0 saturated carbocycles. The van der Waals surface area contributed by atoms with Gasteiger partial charge in [0, 0.05) is 27.3 Å². The van der Waals surface area contributed by atoms with E-state index in [-0.39, 0.29) is 6.03 Å². The number of amides is 2. The van der Waals surface area contributed by atoms with E-state index in [0.717, 1.165) is 5.69 Å². The van der Waals surface area contributed by atoms with Crippen LogP contribution in [-0.2, 0) is 13.6 Å². The lowest BCUT2D eigenvalue weighted by Crippen LogP contribution is -2.34. The zero-order chi connectivity index (χ0) is 9.84. The van der Waals surface area contributed by atoms with Crippen molar-refractivity contribution >= 4 is 6.03 Å². The summed E-state index contributed by atoms with van der Waals surface area (Å²) in [6, 6.07) is 1.77. The van der Waals surface area contributed by atoms with Crippen molar-refractivity contribution in [1.29, 1.82) is 0 Å². The van der Waals surface area contributed by atoms with Gasteiger partial charge in [0.25, 0.3) is 0 Å². The van der Waals surface area contributed by atoms with Gasteiger partial charge in [0.05, 0.1) is 12.2 Å². The van der Waals surface area contributed by atoms with E-state index in [9.17, 15) is 4.79 Å². The van der Waals surface area contributed by atoms with Crippen molar-refractivity contribution in [3.63, 3.8) is 0 Å². The van der Waals surface area contributed by atoms with Gasteiger partial charge in [0.2, 0.25) is 0 Å². The largest absolute Gasteiger partial charge is 0.332 e. The van der Waals surface area contributed by atoms with Crippen molar-refractivity contribution in [1.82, 2.24) is 20.0 Å². The number of hydrogen-bond donors (Lipinski definition) is 1. The van der Waals surface area contributed by atoms with Crippen molar-refractivity contribution in [2.24, 2.45) is 7.05 Å². The number of rotatable bonds is 2. The highest BCUT2D eigenvalue weighted by atomic mass is 16.2. The van der Waals surface area contributed by atoms with Crippen LogP contribution in [0.5, 0.6) is 0 Å². The van der Waals surface area contributed by atoms with Crippen LogP contribution < -0.4 is 5.32 Å². The molecule has 72 valence electrons. The summed E-state index contributed by atoms with van der Waals surface area (Å²) in [5, 5.41) is 6.85. The van der Waals surface area contributed by atoms with E-state index in [1.165, 1.54) is 4.90 Å². The van der Waals surface area contributed by atoms with Crippen molar-refractivity contribution in [3.8, 4) is 0 Å². The fourth-order valence-corrected chi connectivity index (χ4v) is 0.882. The molecule has 0 fully saturated rings. The Kier molecular flexibility index (Phi) is 2.89. The highest BCUT2D eigenvalue weighted by molar-refractivity contribution is 5.73. The number of hydrogen-bond acceptors (Lipinski definition) is 2. The number of aryl methyl sites for hydroxylation is 1. The van der Waals surface area contributed by atoms with Crippen molar-refractivity contribution in [2.75, 3.05) is 14.1 Å². The summed E-state index contributed by atoms with van der Waals surface area (Å²) in [4.78, 5) is 12.6. The maximum atomic E-state index is 11.1. The van der Waals surface area contributed by atoms with Crippen molar-refractivity contribution in [3.05, 3.63) is 18.0 Å². The second kappa shape index (κ2) is 3.93. The second-order valence-electron chi connectivity index (χ2n) is 3.03. The molecule has 5 nitrogen and oxygen atoms in total. The number of nitrogens with one attached hydrogen (secondary N) is 1. The number of nitrogens with zero attached hydrogens (tertiary/aromatic N) is 3. The molecule has 0 saturated heterocycles. The molecule has 0 aliphatic carbocycles. The summed E-state index contributed by atoms with van der Waals surface area (Å²) in [6.45, 7) is 0.470. The maximum absolute atomic E-state index is 11.1. The molecule has 0 spiro atoms. The summed E-state index contributed by atoms with van der Waals surface area (Å²) in [7, 11) is 5.25. The third kappa shape index (κ3) is 2.77. The summed E-state index contributed by atoms with van der Waals surface area (Å²) >= 11 is 0. The third-order valence-corrected chi connectivity index (χ3v) is 1.60. The number of carbonyl (C=O) groups excluding carboxylic acids is 1. The van der Waals surface area contributed by atoms with E-state index in [1.807, 2.05) is 19.3 Å². The van der Waals surface area contributed by atoms with Gasteiger partial charge >= 0.3 is 6.03 Å². The van der Waals surface area contributed by atoms with E-state index in [1.54, 1.807) is 18.8 Å². The molecule has 1 rings (SSSR count). The molecule has 0 aliphatic heterocycles. The summed E-state index contributed by atoms with van der Waals surface area (Å²) in [6.07, 6.45) is 1.84. The average molecular weight is 182 g/mol. The fourth-order valence-electron chi connectivity index (χ4n) is 0.882. The molecule has 0 aliphatic rings. The molecule has 1 heterocycles. The van der Waals surface area contributed by atoms with Crippen LogP contribution in [0.15, 0.2) is 12.3 Å². The standard InChI is InChI=1S/C8H14N4O/c1-11(2)8(13)9-6-7-4-5-12(3)10-7/h4-5H,6H2,1-3H3,(H,9,13). The molecule has 1 aromatic heterocycles. The quantitative estimate of drug-likeness (QED) is 0.710. The van der Waals surface area contributed by atoms with Crippen LogP contribution in [0.1, 0.15) is 5.69 Å². The summed E-state index contributed by atoms with van der Waals surface area (Å²) in [5.74, 6) is 0. The van der Waals surface area contributed by atoms with E-state index < -0.39 is 0 Å². The van der Waals surface area contributed by atoms with Crippen LogP contribution in [0.3, 0.4) is 0 Å².